The largest absolute Gasteiger partial charge is 0.460 e. The van der Waals surface area contributed by atoms with Crippen molar-refractivity contribution in [1.29, 1.82) is 0 Å². The minimum absolute atomic E-state index is 0.0234. The third-order valence-corrected chi connectivity index (χ3v) is 6.61. The molecule has 2 aromatic carbocycles. The molecular formula is C28H30N6O4. The monoisotopic (exact) mass is 514 g/mol. The van der Waals surface area contributed by atoms with Crippen LogP contribution < -0.4 is 5.73 Å². The molecule has 0 saturated carbocycles. The van der Waals surface area contributed by atoms with Gasteiger partial charge in [0, 0.05) is 48.4 Å². The summed E-state index contributed by atoms with van der Waals surface area (Å²) in [5.41, 5.74) is 10.6. The number of nitrogens with two attached hydrogens (primary N) is 1. The number of aromatic nitrogens is 4. The average molecular weight is 515 g/mol. The van der Waals surface area contributed by atoms with Gasteiger partial charge in [-0.2, -0.15) is 0 Å². The molecule has 3 N–H and O–H groups in total. The average Bonchev–Trinajstić information content (AvgIpc) is 3.54. The summed E-state index contributed by atoms with van der Waals surface area (Å²) in [6.45, 7) is 5.52. The van der Waals surface area contributed by atoms with Crippen LogP contribution in [0.15, 0.2) is 48.7 Å². The molecular weight excluding hydrogens is 484 g/mol. The van der Waals surface area contributed by atoms with Gasteiger partial charge in [0.25, 0.3) is 5.91 Å². The number of aryl methyl sites for hydroxylation is 1. The lowest BCUT2D eigenvalue weighted by Crippen LogP contribution is -2.45. The zero-order valence-corrected chi connectivity index (χ0v) is 21.8. The van der Waals surface area contributed by atoms with Crippen LogP contribution in [0.25, 0.3) is 33.4 Å². The molecule has 0 aliphatic carbocycles. The van der Waals surface area contributed by atoms with Crippen molar-refractivity contribution in [2.75, 3.05) is 0 Å². The Morgan fingerprint density at radius 2 is 1.89 bits per heavy atom. The Bertz CT molecular complexity index is 1560. The summed E-state index contributed by atoms with van der Waals surface area (Å²) >= 11 is 0. The van der Waals surface area contributed by atoms with Crippen LogP contribution >= 0.6 is 0 Å². The van der Waals surface area contributed by atoms with E-state index in [1.807, 2.05) is 43.6 Å². The van der Waals surface area contributed by atoms with E-state index >= 15 is 0 Å². The molecule has 0 saturated heterocycles. The summed E-state index contributed by atoms with van der Waals surface area (Å²) in [7, 11) is 1.84. The second kappa shape index (κ2) is 9.44. The van der Waals surface area contributed by atoms with E-state index in [1.54, 1.807) is 31.5 Å². The number of carbonyl (C=O) groups is 3. The second-order valence-electron chi connectivity index (χ2n) is 10.5. The lowest BCUT2D eigenvalue weighted by molar-refractivity contribution is -0.155. The maximum absolute atomic E-state index is 13.2. The first-order valence-corrected chi connectivity index (χ1v) is 12.4. The Morgan fingerprint density at radius 1 is 1.13 bits per heavy atom. The van der Waals surface area contributed by atoms with Crippen molar-refractivity contribution in [1.82, 2.24) is 24.9 Å². The van der Waals surface area contributed by atoms with Gasteiger partial charge >= 0.3 is 5.97 Å². The summed E-state index contributed by atoms with van der Waals surface area (Å²) in [5, 5.41) is 9.77. The summed E-state index contributed by atoms with van der Waals surface area (Å²) in [5.74, 6) is -1.40. The number of primary amides is 1. The van der Waals surface area contributed by atoms with Crippen molar-refractivity contribution in [2.24, 2.45) is 12.8 Å². The van der Waals surface area contributed by atoms with Crippen LogP contribution in [0.1, 0.15) is 49.5 Å². The molecule has 5 rings (SSSR count). The third kappa shape index (κ3) is 4.77. The molecule has 1 atom stereocenters. The molecule has 2 amide bonds. The van der Waals surface area contributed by atoms with Gasteiger partial charge in [0.1, 0.15) is 17.3 Å². The Balaban J connectivity index is 1.41. The zero-order valence-electron chi connectivity index (χ0n) is 21.8. The molecule has 38 heavy (non-hydrogen) atoms. The quantitative estimate of drug-likeness (QED) is 0.362. The Hall–Kier alpha value is -4.47. The molecule has 1 unspecified atom stereocenters. The van der Waals surface area contributed by atoms with Crippen molar-refractivity contribution in [2.45, 2.75) is 51.8 Å². The lowest BCUT2D eigenvalue weighted by Gasteiger charge is -2.25. The molecule has 196 valence electrons. The molecule has 0 bridgehead atoms. The fourth-order valence-corrected chi connectivity index (χ4v) is 4.91. The van der Waals surface area contributed by atoms with E-state index < -0.39 is 23.5 Å². The molecule has 0 spiro atoms. The van der Waals surface area contributed by atoms with E-state index in [0.29, 0.717) is 11.3 Å². The van der Waals surface area contributed by atoms with Crippen LogP contribution in [-0.4, -0.2) is 54.3 Å². The summed E-state index contributed by atoms with van der Waals surface area (Å²) in [6.07, 6.45) is 1.96. The Labute approximate surface area is 219 Å². The van der Waals surface area contributed by atoms with Crippen molar-refractivity contribution in [3.63, 3.8) is 0 Å². The van der Waals surface area contributed by atoms with Crippen molar-refractivity contribution in [3.05, 3.63) is 59.8 Å². The number of ether oxygens (including phenoxy) is 1. The maximum Gasteiger partial charge on any atom is 0.306 e. The van der Waals surface area contributed by atoms with Crippen molar-refractivity contribution < 1.29 is 19.1 Å². The van der Waals surface area contributed by atoms with Gasteiger partial charge in [-0.1, -0.05) is 23.4 Å². The highest BCUT2D eigenvalue weighted by Gasteiger charge is 2.36. The van der Waals surface area contributed by atoms with Crippen molar-refractivity contribution in [3.8, 4) is 22.5 Å². The molecule has 4 aromatic rings. The van der Waals surface area contributed by atoms with Gasteiger partial charge in [0.2, 0.25) is 5.91 Å². The highest BCUT2D eigenvalue weighted by molar-refractivity contribution is 6.01. The van der Waals surface area contributed by atoms with E-state index in [0.717, 1.165) is 33.3 Å². The molecule has 0 fully saturated rings. The summed E-state index contributed by atoms with van der Waals surface area (Å²) in [6, 6.07) is 12.7. The smallest absolute Gasteiger partial charge is 0.306 e. The van der Waals surface area contributed by atoms with Crippen LogP contribution in [-0.2, 0) is 27.9 Å². The maximum atomic E-state index is 13.2. The number of hydrogen-bond acceptors (Lipinski definition) is 6. The zero-order chi connectivity index (χ0) is 27.2. The number of rotatable bonds is 7. The van der Waals surface area contributed by atoms with Gasteiger partial charge in [-0.3, -0.25) is 14.4 Å². The topological polar surface area (TPSA) is 136 Å². The number of benzene rings is 2. The van der Waals surface area contributed by atoms with E-state index in [4.69, 9.17) is 10.5 Å². The molecule has 10 nitrogen and oxygen atoms in total. The van der Waals surface area contributed by atoms with Gasteiger partial charge < -0.3 is 20.4 Å². The van der Waals surface area contributed by atoms with E-state index in [1.165, 1.54) is 4.90 Å². The number of fused-ring (bicyclic) bond motifs is 2. The van der Waals surface area contributed by atoms with Crippen molar-refractivity contribution >= 4 is 28.7 Å². The minimum Gasteiger partial charge on any atom is -0.460 e. The van der Waals surface area contributed by atoms with Crippen LogP contribution in [0.3, 0.4) is 0 Å². The van der Waals surface area contributed by atoms with E-state index in [2.05, 4.69) is 21.4 Å². The minimum atomic E-state index is -0.925. The highest BCUT2D eigenvalue weighted by atomic mass is 16.6. The second-order valence-corrected chi connectivity index (χ2v) is 10.5. The summed E-state index contributed by atoms with van der Waals surface area (Å²) < 4.78 is 7.07. The Morgan fingerprint density at radius 3 is 2.63 bits per heavy atom. The molecule has 3 heterocycles. The van der Waals surface area contributed by atoms with Crippen LogP contribution in [0.4, 0.5) is 0 Å². The van der Waals surface area contributed by atoms with Crippen LogP contribution in [0, 0.1) is 0 Å². The lowest BCUT2D eigenvalue weighted by atomic mass is 10.00. The van der Waals surface area contributed by atoms with Gasteiger partial charge in [-0.15, -0.1) is 5.10 Å². The molecule has 10 heteroatoms. The first-order valence-electron chi connectivity index (χ1n) is 12.4. The fraction of sp³-hybridized carbons (Fsp3) is 0.321. The molecule has 0 radical (unpaired) electrons. The van der Waals surface area contributed by atoms with E-state index in [9.17, 15) is 14.4 Å². The van der Waals surface area contributed by atoms with E-state index in [-0.39, 0.29) is 25.3 Å². The normalized spacial score (nSPS) is 14.1. The number of aromatic amines is 1. The molecule has 1 aliphatic rings. The number of nitrogens with zero attached hydrogens (tertiary/aromatic N) is 4. The number of esters is 1. The standard InChI is InChI=1S/C28H30N6O4/c1-28(2,3)38-23(35)10-9-22(26(29)36)34-15-19-13-17(7-8-20(19)27(34)37)24-25(33(4)32-31-24)18-6-5-16-11-12-30-21(16)14-18/h5-8,11-14,22,30H,9-10,15H2,1-4H3,(H2,29,36). The van der Waals surface area contributed by atoms with Gasteiger partial charge in [-0.05, 0) is 62.4 Å². The van der Waals surface area contributed by atoms with Gasteiger partial charge in [0.15, 0.2) is 0 Å². The predicted molar refractivity (Wildman–Crippen MR) is 142 cm³/mol. The fourth-order valence-electron chi connectivity index (χ4n) is 4.91. The number of amides is 2. The summed E-state index contributed by atoms with van der Waals surface area (Å²) in [4.78, 5) is 42.4. The third-order valence-electron chi connectivity index (χ3n) is 6.61. The number of nitrogens with one attached hydrogen (secondary N) is 1. The van der Waals surface area contributed by atoms with Crippen LogP contribution in [0.2, 0.25) is 0 Å². The number of hydrogen-bond donors (Lipinski definition) is 2. The first-order chi connectivity index (χ1) is 18.0. The van der Waals surface area contributed by atoms with Gasteiger partial charge in [0.05, 0.1) is 5.69 Å². The molecule has 1 aliphatic heterocycles. The number of H-pyrrole nitrogens is 1. The first kappa shape index (κ1) is 25.2. The molecule has 2 aromatic heterocycles. The van der Waals surface area contributed by atoms with Gasteiger partial charge in [-0.25, -0.2) is 4.68 Å². The highest BCUT2D eigenvalue weighted by Crippen LogP contribution is 2.35. The predicted octanol–water partition coefficient (Wildman–Crippen LogP) is 3.56. The van der Waals surface area contributed by atoms with Crippen LogP contribution in [0.5, 0.6) is 0 Å². The Kier molecular flexibility index (Phi) is 6.26. The SMILES string of the molecule is Cn1nnc(-c2ccc3c(c2)CN(C(CCC(=O)OC(C)(C)C)C(N)=O)C3=O)c1-c1ccc2cc[nH]c2c1. The number of carbonyl (C=O) groups excluding carboxylic acids is 3.